The lowest BCUT2D eigenvalue weighted by Crippen LogP contribution is -2.63. The van der Waals surface area contributed by atoms with E-state index >= 15 is 0 Å². The highest BCUT2D eigenvalue weighted by Crippen LogP contribution is 2.52. The molecule has 0 spiro atoms. The Bertz CT molecular complexity index is 602. The molecule has 0 aromatic rings. The molecule has 5 atom stereocenters. The van der Waals surface area contributed by atoms with Crippen molar-refractivity contribution >= 4 is 17.9 Å². The van der Waals surface area contributed by atoms with E-state index in [4.69, 9.17) is 14.2 Å². The monoisotopic (exact) mass is 382 g/mol. The second kappa shape index (κ2) is 7.44. The zero-order valence-electron chi connectivity index (χ0n) is 17.8. The molecule has 2 fully saturated rings. The van der Waals surface area contributed by atoms with Gasteiger partial charge in [-0.1, -0.05) is 34.6 Å². The van der Waals surface area contributed by atoms with Gasteiger partial charge >= 0.3 is 17.9 Å². The SMILES string of the molecule is CC(CC1(CC2C(=O)OC2C(C)C)C(=O)OC1C(C)C)C(=O)OC(C)(C)C. The van der Waals surface area contributed by atoms with Crippen LogP contribution >= 0.6 is 0 Å². The van der Waals surface area contributed by atoms with Gasteiger partial charge in [-0.3, -0.25) is 14.4 Å². The molecule has 27 heavy (non-hydrogen) atoms. The molecule has 0 aliphatic carbocycles. The molecule has 2 rings (SSSR count). The predicted molar refractivity (Wildman–Crippen MR) is 99.6 cm³/mol. The number of hydrogen-bond donors (Lipinski definition) is 0. The molecule has 0 aromatic carbocycles. The third kappa shape index (κ3) is 4.30. The first-order valence-corrected chi connectivity index (χ1v) is 9.93. The van der Waals surface area contributed by atoms with Gasteiger partial charge < -0.3 is 14.2 Å². The van der Waals surface area contributed by atoms with E-state index in [1.54, 1.807) is 6.92 Å². The first-order chi connectivity index (χ1) is 12.3. The maximum absolute atomic E-state index is 12.6. The quantitative estimate of drug-likeness (QED) is 0.495. The molecule has 0 aromatic heterocycles. The first kappa shape index (κ1) is 21.7. The Kier molecular flexibility index (Phi) is 5.98. The lowest BCUT2D eigenvalue weighted by molar-refractivity contribution is -0.232. The van der Waals surface area contributed by atoms with Gasteiger partial charge in [-0.15, -0.1) is 0 Å². The van der Waals surface area contributed by atoms with Gasteiger partial charge in [-0.2, -0.15) is 0 Å². The fraction of sp³-hybridized carbons (Fsp3) is 0.857. The molecule has 5 unspecified atom stereocenters. The number of cyclic esters (lactones) is 2. The molecule has 0 N–H and O–H groups in total. The van der Waals surface area contributed by atoms with Crippen molar-refractivity contribution < 1.29 is 28.6 Å². The molecule has 2 heterocycles. The Morgan fingerprint density at radius 2 is 1.67 bits per heavy atom. The van der Waals surface area contributed by atoms with Crippen LogP contribution in [-0.4, -0.2) is 35.7 Å². The zero-order chi connectivity index (χ0) is 20.7. The van der Waals surface area contributed by atoms with Crippen molar-refractivity contribution in [1.82, 2.24) is 0 Å². The smallest absolute Gasteiger partial charge is 0.316 e. The highest BCUT2D eigenvalue weighted by atomic mass is 16.6. The fourth-order valence-corrected chi connectivity index (χ4v) is 4.25. The second-order valence-electron chi connectivity index (χ2n) is 9.82. The van der Waals surface area contributed by atoms with Crippen molar-refractivity contribution in [3.05, 3.63) is 0 Å². The van der Waals surface area contributed by atoms with E-state index in [9.17, 15) is 14.4 Å². The molecule has 6 nitrogen and oxygen atoms in total. The Hall–Kier alpha value is -1.59. The van der Waals surface area contributed by atoms with Crippen LogP contribution in [-0.2, 0) is 28.6 Å². The van der Waals surface area contributed by atoms with E-state index in [0.29, 0.717) is 12.8 Å². The molecule has 6 heteroatoms. The van der Waals surface area contributed by atoms with Crippen molar-refractivity contribution in [2.24, 2.45) is 29.1 Å². The molecule has 0 amide bonds. The minimum Gasteiger partial charge on any atom is -0.461 e. The minimum atomic E-state index is -0.846. The summed E-state index contributed by atoms with van der Waals surface area (Å²) in [7, 11) is 0. The fourth-order valence-electron chi connectivity index (χ4n) is 4.25. The van der Waals surface area contributed by atoms with Gasteiger partial charge in [0.05, 0.1) is 11.8 Å². The highest BCUT2D eigenvalue weighted by molar-refractivity contribution is 5.86. The number of hydrogen-bond acceptors (Lipinski definition) is 6. The second-order valence-corrected chi connectivity index (χ2v) is 9.82. The number of carbonyl (C=O) groups is 3. The van der Waals surface area contributed by atoms with Crippen LogP contribution in [0.15, 0.2) is 0 Å². The van der Waals surface area contributed by atoms with E-state index in [0.717, 1.165) is 0 Å². The molecule has 2 aliphatic rings. The maximum Gasteiger partial charge on any atom is 0.316 e. The number of rotatable bonds is 7. The predicted octanol–water partition coefficient (Wildman–Crippen LogP) is 3.51. The molecule has 0 bridgehead atoms. The van der Waals surface area contributed by atoms with Gasteiger partial charge in [0, 0.05) is 0 Å². The summed E-state index contributed by atoms with van der Waals surface area (Å²) in [6, 6.07) is 0. The Morgan fingerprint density at radius 1 is 1.07 bits per heavy atom. The summed E-state index contributed by atoms with van der Waals surface area (Å²) < 4.78 is 16.2. The number of ether oxygens (including phenoxy) is 3. The Morgan fingerprint density at radius 3 is 2.07 bits per heavy atom. The summed E-state index contributed by atoms with van der Waals surface area (Å²) in [6.07, 6.45) is 0.185. The molecular weight excluding hydrogens is 348 g/mol. The third-order valence-electron chi connectivity index (χ3n) is 5.46. The maximum atomic E-state index is 12.6. The van der Waals surface area contributed by atoms with Crippen molar-refractivity contribution in [2.45, 2.75) is 86.0 Å². The van der Waals surface area contributed by atoms with Gasteiger partial charge in [0.2, 0.25) is 0 Å². The number of esters is 3. The van der Waals surface area contributed by atoms with Crippen molar-refractivity contribution in [1.29, 1.82) is 0 Å². The van der Waals surface area contributed by atoms with Crippen LogP contribution in [0.3, 0.4) is 0 Å². The summed E-state index contributed by atoms with van der Waals surface area (Å²) in [4.78, 5) is 37.2. The van der Waals surface area contributed by atoms with E-state index in [1.807, 2.05) is 48.5 Å². The van der Waals surface area contributed by atoms with Crippen LogP contribution in [0.25, 0.3) is 0 Å². The molecule has 0 saturated carbocycles. The summed E-state index contributed by atoms with van der Waals surface area (Å²) in [6.45, 7) is 15.2. The molecule has 2 saturated heterocycles. The average Bonchev–Trinajstić information content (AvgIpc) is 2.51. The third-order valence-corrected chi connectivity index (χ3v) is 5.46. The van der Waals surface area contributed by atoms with E-state index in [-0.39, 0.29) is 47.9 Å². The van der Waals surface area contributed by atoms with Gasteiger partial charge in [0.25, 0.3) is 0 Å². The first-order valence-electron chi connectivity index (χ1n) is 9.93. The van der Waals surface area contributed by atoms with Crippen molar-refractivity contribution in [3.8, 4) is 0 Å². The summed E-state index contributed by atoms with van der Waals surface area (Å²) in [5.41, 5.74) is -1.43. The van der Waals surface area contributed by atoms with Crippen LogP contribution in [0.5, 0.6) is 0 Å². The Balaban J connectivity index is 2.23. The van der Waals surface area contributed by atoms with Crippen LogP contribution in [0.2, 0.25) is 0 Å². The van der Waals surface area contributed by atoms with Gasteiger partial charge in [-0.25, -0.2) is 0 Å². The highest BCUT2D eigenvalue weighted by Gasteiger charge is 2.63. The van der Waals surface area contributed by atoms with Gasteiger partial charge in [-0.05, 0) is 45.4 Å². The standard InChI is InChI=1S/C21H34O6/c1-11(2)15-14(18(23)25-15)10-21(16(12(3)4)26-19(21)24)9-13(5)17(22)27-20(6,7)8/h11-16H,9-10H2,1-8H3. The van der Waals surface area contributed by atoms with Gasteiger partial charge in [0.15, 0.2) is 0 Å². The molecule has 0 radical (unpaired) electrons. The van der Waals surface area contributed by atoms with Crippen LogP contribution in [0.1, 0.15) is 68.2 Å². The molecule has 2 aliphatic heterocycles. The largest absolute Gasteiger partial charge is 0.461 e. The summed E-state index contributed by atoms with van der Waals surface area (Å²) in [5, 5.41) is 0. The molecular formula is C21H34O6. The van der Waals surface area contributed by atoms with Crippen LogP contribution in [0.4, 0.5) is 0 Å². The lowest BCUT2D eigenvalue weighted by atomic mass is 9.62. The number of carbonyl (C=O) groups excluding carboxylic acids is 3. The van der Waals surface area contributed by atoms with E-state index < -0.39 is 16.9 Å². The van der Waals surface area contributed by atoms with E-state index in [2.05, 4.69) is 0 Å². The zero-order valence-corrected chi connectivity index (χ0v) is 17.8. The minimum absolute atomic E-state index is 0.0992. The van der Waals surface area contributed by atoms with Crippen molar-refractivity contribution in [3.63, 3.8) is 0 Å². The van der Waals surface area contributed by atoms with E-state index in [1.165, 1.54) is 0 Å². The molecule has 154 valence electrons. The van der Waals surface area contributed by atoms with Gasteiger partial charge in [0.1, 0.15) is 23.2 Å². The lowest BCUT2D eigenvalue weighted by Gasteiger charge is -2.53. The van der Waals surface area contributed by atoms with Crippen LogP contribution < -0.4 is 0 Å². The summed E-state index contributed by atoms with van der Waals surface area (Å²) in [5.74, 6) is -1.43. The Labute approximate surface area is 162 Å². The topological polar surface area (TPSA) is 78.9 Å². The average molecular weight is 382 g/mol. The summed E-state index contributed by atoms with van der Waals surface area (Å²) >= 11 is 0. The van der Waals surface area contributed by atoms with Crippen LogP contribution in [0, 0.1) is 29.1 Å². The normalized spacial score (nSPS) is 31.7. The van der Waals surface area contributed by atoms with Crippen molar-refractivity contribution in [2.75, 3.05) is 0 Å².